The maximum Gasteiger partial charge on any atom is 0.262 e. The van der Waals surface area contributed by atoms with Gasteiger partial charge in [-0.15, -0.1) is 0 Å². The first-order chi connectivity index (χ1) is 11.0. The highest BCUT2D eigenvalue weighted by molar-refractivity contribution is 7.89. The molecule has 0 atom stereocenters. The molecule has 7 nitrogen and oxygen atoms in total. The van der Waals surface area contributed by atoms with Crippen LogP contribution < -0.4 is 10.1 Å². The van der Waals surface area contributed by atoms with Gasteiger partial charge >= 0.3 is 0 Å². The molecule has 1 aliphatic rings. The lowest BCUT2D eigenvalue weighted by atomic mass is 10.2. The average molecular weight is 333 g/mol. The van der Waals surface area contributed by atoms with Gasteiger partial charge in [-0.25, -0.2) is 8.42 Å². The summed E-state index contributed by atoms with van der Waals surface area (Å²) in [5, 5.41) is 2.60. The second-order valence-electron chi connectivity index (χ2n) is 5.12. The number of carbonyl (C=O) groups is 1. The number of nitrogens with one attached hydrogen (secondary N) is 1. The van der Waals surface area contributed by atoms with Gasteiger partial charge in [0.2, 0.25) is 10.0 Å². The Morgan fingerprint density at radius 1 is 1.35 bits per heavy atom. The van der Waals surface area contributed by atoms with E-state index in [0.29, 0.717) is 11.4 Å². The maximum absolute atomic E-state index is 12.7. The van der Waals surface area contributed by atoms with Crippen molar-refractivity contribution in [2.75, 3.05) is 19.0 Å². The van der Waals surface area contributed by atoms with Crippen LogP contribution in [0, 0.1) is 0 Å². The molecule has 120 valence electrons. The molecule has 0 saturated carbocycles. The predicted molar refractivity (Wildman–Crippen MR) is 83.5 cm³/mol. The zero-order valence-electron chi connectivity index (χ0n) is 12.4. The van der Waals surface area contributed by atoms with Crippen LogP contribution in [-0.4, -0.2) is 37.3 Å². The number of aromatic nitrogens is 1. The maximum atomic E-state index is 12.7. The molecule has 2 aromatic rings. The fourth-order valence-electron chi connectivity index (χ4n) is 2.24. The molecule has 1 aromatic carbocycles. The minimum absolute atomic E-state index is 0.0694. The minimum Gasteiger partial charge on any atom is -0.482 e. The van der Waals surface area contributed by atoms with Crippen LogP contribution in [0.4, 0.5) is 5.69 Å². The Kier molecular flexibility index (Phi) is 4.01. The number of hydrogen-bond donors (Lipinski definition) is 1. The number of ether oxygens (including phenoxy) is 1. The molecule has 1 aliphatic heterocycles. The summed E-state index contributed by atoms with van der Waals surface area (Å²) >= 11 is 0. The number of anilines is 1. The van der Waals surface area contributed by atoms with Gasteiger partial charge in [0.05, 0.1) is 10.6 Å². The summed E-state index contributed by atoms with van der Waals surface area (Å²) in [6, 6.07) is 7.97. The van der Waals surface area contributed by atoms with Crippen LogP contribution in [0.25, 0.3) is 0 Å². The van der Waals surface area contributed by atoms with E-state index < -0.39 is 10.0 Å². The van der Waals surface area contributed by atoms with E-state index in [-0.39, 0.29) is 24.0 Å². The molecule has 1 amide bonds. The highest BCUT2D eigenvalue weighted by Crippen LogP contribution is 2.31. The Hall–Kier alpha value is -2.45. The molecule has 23 heavy (non-hydrogen) atoms. The monoisotopic (exact) mass is 333 g/mol. The molecule has 2 heterocycles. The zero-order valence-corrected chi connectivity index (χ0v) is 13.2. The average Bonchev–Trinajstić information content (AvgIpc) is 2.55. The minimum atomic E-state index is -3.69. The molecule has 8 heteroatoms. The Morgan fingerprint density at radius 2 is 2.17 bits per heavy atom. The summed E-state index contributed by atoms with van der Waals surface area (Å²) in [7, 11) is -2.19. The van der Waals surface area contributed by atoms with Crippen molar-refractivity contribution in [3.63, 3.8) is 0 Å². The third-order valence-corrected chi connectivity index (χ3v) is 5.22. The molecule has 0 unspecified atom stereocenters. The lowest BCUT2D eigenvalue weighted by Crippen LogP contribution is -2.28. The highest BCUT2D eigenvalue weighted by Gasteiger charge is 2.24. The van der Waals surface area contributed by atoms with Crippen LogP contribution in [0.3, 0.4) is 0 Å². The molecule has 0 spiro atoms. The molecule has 0 radical (unpaired) electrons. The van der Waals surface area contributed by atoms with Gasteiger partial charge in [-0.3, -0.25) is 9.78 Å². The molecule has 1 aromatic heterocycles. The van der Waals surface area contributed by atoms with Crippen molar-refractivity contribution < 1.29 is 17.9 Å². The predicted octanol–water partition coefficient (Wildman–Crippen LogP) is 1.23. The molecular weight excluding hydrogens is 318 g/mol. The Labute approximate surface area is 134 Å². The molecule has 0 aliphatic carbocycles. The van der Waals surface area contributed by atoms with Crippen molar-refractivity contribution in [1.82, 2.24) is 9.29 Å². The van der Waals surface area contributed by atoms with Gasteiger partial charge in [-0.05, 0) is 29.8 Å². The van der Waals surface area contributed by atoms with E-state index in [1.165, 1.54) is 23.5 Å². The number of sulfonamides is 1. The van der Waals surface area contributed by atoms with Crippen molar-refractivity contribution in [2.24, 2.45) is 0 Å². The summed E-state index contributed by atoms with van der Waals surface area (Å²) in [6.45, 7) is 0.135. The molecule has 0 fully saturated rings. The van der Waals surface area contributed by atoms with Crippen LogP contribution in [0.2, 0.25) is 0 Å². The number of pyridine rings is 1. The van der Waals surface area contributed by atoms with Crippen molar-refractivity contribution >= 4 is 21.6 Å². The molecule has 0 saturated heterocycles. The fourth-order valence-corrected chi connectivity index (χ4v) is 3.42. The standard InChI is InChI=1S/C15H15N3O4S/c1-18(9-11-3-2-6-16-8-11)23(20,21)12-4-5-14-13(7-12)17-15(19)10-22-14/h2-8H,9-10H2,1H3,(H,17,19). The number of hydrogen-bond acceptors (Lipinski definition) is 5. The van der Waals surface area contributed by atoms with E-state index in [9.17, 15) is 13.2 Å². The Bertz CT molecular complexity index is 837. The van der Waals surface area contributed by atoms with Crippen molar-refractivity contribution in [2.45, 2.75) is 11.4 Å². The van der Waals surface area contributed by atoms with Gasteiger partial charge in [0.15, 0.2) is 6.61 Å². The van der Waals surface area contributed by atoms with E-state index in [2.05, 4.69) is 10.3 Å². The number of fused-ring (bicyclic) bond motifs is 1. The normalized spacial score (nSPS) is 14.1. The zero-order chi connectivity index (χ0) is 16.4. The van der Waals surface area contributed by atoms with Crippen LogP contribution in [-0.2, 0) is 21.4 Å². The quantitative estimate of drug-likeness (QED) is 0.909. The van der Waals surface area contributed by atoms with Crippen LogP contribution in [0.1, 0.15) is 5.56 Å². The first-order valence-corrected chi connectivity index (χ1v) is 8.33. The van der Waals surface area contributed by atoms with Crippen LogP contribution in [0.15, 0.2) is 47.6 Å². The summed E-state index contributed by atoms with van der Waals surface area (Å²) in [5.74, 6) is 0.147. The van der Waals surface area contributed by atoms with E-state index in [0.717, 1.165) is 5.56 Å². The van der Waals surface area contributed by atoms with Gasteiger partial charge < -0.3 is 10.1 Å². The van der Waals surface area contributed by atoms with Crippen molar-refractivity contribution in [3.05, 3.63) is 48.3 Å². The number of rotatable bonds is 4. The number of benzene rings is 1. The summed E-state index contributed by atoms with van der Waals surface area (Å²) in [5.41, 5.74) is 1.14. The molecule has 0 bridgehead atoms. The third-order valence-electron chi connectivity index (χ3n) is 3.42. The summed E-state index contributed by atoms with van der Waals surface area (Å²) < 4.78 is 31.8. The fraction of sp³-hybridized carbons (Fsp3) is 0.200. The summed E-state index contributed by atoms with van der Waals surface area (Å²) in [4.78, 5) is 15.4. The third kappa shape index (κ3) is 3.17. The second-order valence-corrected chi connectivity index (χ2v) is 7.16. The number of amides is 1. The van der Waals surface area contributed by atoms with Crippen molar-refractivity contribution in [1.29, 1.82) is 0 Å². The van der Waals surface area contributed by atoms with E-state index in [1.54, 1.807) is 30.6 Å². The van der Waals surface area contributed by atoms with Crippen LogP contribution in [0.5, 0.6) is 5.75 Å². The molecule has 3 rings (SSSR count). The number of nitrogens with zero attached hydrogens (tertiary/aromatic N) is 2. The number of carbonyl (C=O) groups excluding carboxylic acids is 1. The van der Waals surface area contributed by atoms with E-state index in [1.807, 2.05) is 0 Å². The lowest BCUT2D eigenvalue weighted by molar-refractivity contribution is -0.118. The van der Waals surface area contributed by atoms with Gasteiger partial charge in [-0.1, -0.05) is 6.07 Å². The molecular formula is C15H15N3O4S. The largest absolute Gasteiger partial charge is 0.482 e. The van der Waals surface area contributed by atoms with Gasteiger partial charge in [-0.2, -0.15) is 4.31 Å². The lowest BCUT2D eigenvalue weighted by Gasteiger charge is -2.21. The van der Waals surface area contributed by atoms with Gasteiger partial charge in [0.25, 0.3) is 5.91 Å². The first-order valence-electron chi connectivity index (χ1n) is 6.89. The van der Waals surface area contributed by atoms with Gasteiger partial charge in [0, 0.05) is 26.0 Å². The highest BCUT2D eigenvalue weighted by atomic mass is 32.2. The van der Waals surface area contributed by atoms with E-state index >= 15 is 0 Å². The van der Waals surface area contributed by atoms with E-state index in [4.69, 9.17) is 4.74 Å². The second kappa shape index (κ2) is 5.98. The van der Waals surface area contributed by atoms with Crippen molar-refractivity contribution in [3.8, 4) is 5.75 Å². The van der Waals surface area contributed by atoms with Crippen LogP contribution >= 0.6 is 0 Å². The Morgan fingerprint density at radius 3 is 2.91 bits per heavy atom. The topological polar surface area (TPSA) is 88.6 Å². The summed E-state index contributed by atoms with van der Waals surface area (Å²) in [6.07, 6.45) is 3.25. The smallest absolute Gasteiger partial charge is 0.262 e. The Balaban J connectivity index is 1.87. The first kappa shape index (κ1) is 15.4. The van der Waals surface area contributed by atoms with Gasteiger partial charge in [0.1, 0.15) is 5.75 Å². The SMILES string of the molecule is CN(Cc1cccnc1)S(=O)(=O)c1ccc2c(c1)NC(=O)CO2. The molecule has 1 N–H and O–H groups in total.